The van der Waals surface area contributed by atoms with Crippen LogP contribution in [0.25, 0.3) is 10.9 Å². The number of nitro groups is 1. The highest BCUT2D eigenvalue weighted by atomic mass is 16.6. The van der Waals surface area contributed by atoms with E-state index in [0.717, 1.165) is 0 Å². The zero-order valence-corrected chi connectivity index (χ0v) is 11.6. The number of hydrogen-bond donors (Lipinski definition) is 2. The Morgan fingerprint density at radius 1 is 1.17 bits per heavy atom. The van der Waals surface area contributed by atoms with E-state index in [1.807, 2.05) is 0 Å². The number of nitro benzene ring substituents is 1. The highest BCUT2D eigenvalue weighted by molar-refractivity contribution is 5.95. The lowest BCUT2D eigenvalue weighted by Crippen LogP contribution is -1.90. The number of azo groups is 1. The van der Waals surface area contributed by atoms with E-state index in [9.17, 15) is 15.2 Å². The number of aromatic nitrogens is 2. The summed E-state index contributed by atoms with van der Waals surface area (Å²) in [5, 5.41) is 28.7. The molecule has 0 aliphatic heterocycles. The molecule has 9 heteroatoms. The fourth-order valence-electron chi connectivity index (χ4n) is 2.00. The van der Waals surface area contributed by atoms with Gasteiger partial charge in [0.15, 0.2) is 17.4 Å². The Bertz CT molecular complexity index is 941. The number of nitrogens with zero attached hydrogens (tertiary/aromatic N) is 5. The molecule has 1 aromatic carbocycles. The first-order valence-corrected chi connectivity index (χ1v) is 6.45. The summed E-state index contributed by atoms with van der Waals surface area (Å²) in [4.78, 5) is 18.5. The molecule has 3 rings (SSSR count). The molecule has 0 bridgehead atoms. The van der Waals surface area contributed by atoms with Gasteiger partial charge in [-0.15, -0.1) is 10.2 Å². The topological polar surface area (TPSA) is 140 Å². The molecule has 0 amide bonds. The second-order valence-corrected chi connectivity index (χ2v) is 4.53. The molecule has 9 nitrogen and oxygen atoms in total. The van der Waals surface area contributed by atoms with E-state index in [2.05, 4.69) is 20.2 Å². The van der Waals surface area contributed by atoms with Crippen molar-refractivity contribution in [2.24, 2.45) is 10.2 Å². The summed E-state index contributed by atoms with van der Waals surface area (Å²) >= 11 is 0. The number of non-ortho nitro benzene ring substituents is 1. The van der Waals surface area contributed by atoms with Crippen molar-refractivity contribution in [2.45, 2.75) is 0 Å². The van der Waals surface area contributed by atoms with E-state index >= 15 is 0 Å². The van der Waals surface area contributed by atoms with E-state index in [4.69, 9.17) is 5.73 Å². The third-order valence-corrected chi connectivity index (χ3v) is 3.07. The molecule has 0 fully saturated rings. The standard InChI is InChI=1S/C14H10N6O3/c15-14-11(21)5-6-12(17-14)19-18-9-3-4-10(20(22)23)8-2-1-7-16-13(8)9/h1-7,21H,(H2,15,17). The number of fused-ring (bicyclic) bond motifs is 1. The Hall–Kier alpha value is -3.62. The van der Waals surface area contributed by atoms with Crippen molar-refractivity contribution in [1.82, 2.24) is 9.97 Å². The highest BCUT2D eigenvalue weighted by Crippen LogP contribution is 2.32. The van der Waals surface area contributed by atoms with Crippen LogP contribution in [0.3, 0.4) is 0 Å². The minimum absolute atomic E-state index is 0.0564. The number of nitrogens with two attached hydrogens (primary N) is 1. The molecule has 3 N–H and O–H groups in total. The first kappa shape index (κ1) is 14.3. The maximum Gasteiger partial charge on any atom is 0.278 e. The van der Waals surface area contributed by atoms with Gasteiger partial charge < -0.3 is 10.8 Å². The van der Waals surface area contributed by atoms with Crippen molar-refractivity contribution in [3.8, 4) is 5.75 Å². The number of anilines is 1. The van der Waals surface area contributed by atoms with E-state index in [0.29, 0.717) is 16.6 Å². The van der Waals surface area contributed by atoms with Crippen molar-refractivity contribution in [1.29, 1.82) is 0 Å². The number of pyridine rings is 2. The van der Waals surface area contributed by atoms with Gasteiger partial charge in [-0.05, 0) is 30.3 Å². The lowest BCUT2D eigenvalue weighted by atomic mass is 10.1. The van der Waals surface area contributed by atoms with Crippen LogP contribution in [0.15, 0.2) is 52.8 Å². The first-order chi connectivity index (χ1) is 11.1. The van der Waals surface area contributed by atoms with Gasteiger partial charge in [0.1, 0.15) is 11.2 Å². The number of hydrogen-bond acceptors (Lipinski definition) is 8. The molecule has 0 spiro atoms. The van der Waals surface area contributed by atoms with Crippen LogP contribution in [-0.2, 0) is 0 Å². The SMILES string of the molecule is Nc1nc(N=Nc2ccc([N+](=O)[O-])c3cccnc23)ccc1O. The summed E-state index contributed by atoms with van der Waals surface area (Å²) in [6, 6.07) is 8.80. The fraction of sp³-hybridized carbons (Fsp3) is 0. The quantitative estimate of drug-likeness (QED) is 0.432. The summed E-state index contributed by atoms with van der Waals surface area (Å²) in [6.07, 6.45) is 1.52. The van der Waals surface area contributed by atoms with E-state index < -0.39 is 4.92 Å². The summed E-state index contributed by atoms with van der Waals surface area (Å²) < 4.78 is 0. The minimum atomic E-state index is -0.479. The molecule has 3 aromatic rings. The van der Waals surface area contributed by atoms with Crippen LogP contribution in [0.5, 0.6) is 5.75 Å². The molecular weight excluding hydrogens is 300 g/mol. The molecule has 23 heavy (non-hydrogen) atoms. The zero-order chi connectivity index (χ0) is 16.4. The van der Waals surface area contributed by atoms with Gasteiger partial charge in [-0.2, -0.15) is 0 Å². The van der Waals surface area contributed by atoms with Gasteiger partial charge in [-0.1, -0.05) is 0 Å². The Morgan fingerprint density at radius 2 is 2.00 bits per heavy atom. The zero-order valence-electron chi connectivity index (χ0n) is 11.6. The summed E-state index contributed by atoms with van der Waals surface area (Å²) in [5.74, 6) is -0.0118. The molecule has 0 aliphatic rings. The summed E-state index contributed by atoms with van der Waals surface area (Å²) in [6.45, 7) is 0. The Labute approximate surface area is 129 Å². The molecule has 0 unspecified atom stereocenters. The van der Waals surface area contributed by atoms with E-state index in [1.54, 1.807) is 12.1 Å². The third-order valence-electron chi connectivity index (χ3n) is 3.07. The average Bonchev–Trinajstić information content (AvgIpc) is 2.55. The van der Waals surface area contributed by atoms with Gasteiger partial charge in [0, 0.05) is 12.3 Å². The number of aromatic hydroxyl groups is 1. The van der Waals surface area contributed by atoms with Gasteiger partial charge in [-0.3, -0.25) is 15.1 Å². The van der Waals surface area contributed by atoms with Crippen molar-refractivity contribution in [2.75, 3.05) is 5.73 Å². The molecule has 0 saturated carbocycles. The number of rotatable bonds is 3. The van der Waals surface area contributed by atoms with Gasteiger partial charge in [-0.25, -0.2) is 4.98 Å². The second kappa shape index (κ2) is 5.64. The average molecular weight is 310 g/mol. The predicted molar refractivity (Wildman–Crippen MR) is 82.9 cm³/mol. The van der Waals surface area contributed by atoms with Gasteiger partial charge >= 0.3 is 0 Å². The van der Waals surface area contributed by atoms with Crippen LogP contribution in [0.4, 0.5) is 23.0 Å². The van der Waals surface area contributed by atoms with Crippen LogP contribution in [0.1, 0.15) is 0 Å². The lowest BCUT2D eigenvalue weighted by Gasteiger charge is -2.01. The number of nitrogen functional groups attached to an aromatic ring is 1. The molecule has 0 aliphatic carbocycles. The molecule has 2 aromatic heterocycles. The normalized spacial score (nSPS) is 11.1. The first-order valence-electron chi connectivity index (χ1n) is 6.45. The van der Waals surface area contributed by atoms with Crippen LogP contribution in [0, 0.1) is 10.1 Å². The van der Waals surface area contributed by atoms with Gasteiger partial charge in [0.25, 0.3) is 5.69 Å². The van der Waals surface area contributed by atoms with Crippen molar-refractivity contribution < 1.29 is 10.0 Å². The van der Waals surface area contributed by atoms with Crippen LogP contribution in [0.2, 0.25) is 0 Å². The smallest absolute Gasteiger partial charge is 0.278 e. The third kappa shape index (κ3) is 2.75. The maximum atomic E-state index is 11.1. The summed E-state index contributed by atoms with van der Waals surface area (Å²) in [7, 11) is 0. The number of benzene rings is 1. The van der Waals surface area contributed by atoms with Gasteiger partial charge in [0.2, 0.25) is 0 Å². The predicted octanol–water partition coefficient (Wildman–Crippen LogP) is 3.24. The fourth-order valence-corrected chi connectivity index (χ4v) is 2.00. The molecule has 0 atom stereocenters. The Kier molecular flexibility index (Phi) is 3.51. The molecular formula is C14H10N6O3. The largest absolute Gasteiger partial charge is 0.504 e. The maximum absolute atomic E-state index is 11.1. The Balaban J connectivity index is 2.06. The molecule has 2 heterocycles. The van der Waals surface area contributed by atoms with Crippen molar-refractivity contribution >= 4 is 33.9 Å². The second-order valence-electron chi connectivity index (χ2n) is 4.53. The van der Waals surface area contributed by atoms with Crippen LogP contribution < -0.4 is 5.73 Å². The molecule has 0 radical (unpaired) electrons. The van der Waals surface area contributed by atoms with Crippen molar-refractivity contribution in [3.05, 3.63) is 52.7 Å². The van der Waals surface area contributed by atoms with E-state index in [-0.39, 0.29) is 23.1 Å². The highest BCUT2D eigenvalue weighted by Gasteiger charge is 2.14. The summed E-state index contributed by atoms with van der Waals surface area (Å²) in [5.41, 5.74) is 6.15. The Morgan fingerprint density at radius 3 is 2.74 bits per heavy atom. The van der Waals surface area contributed by atoms with Gasteiger partial charge in [0.05, 0.1) is 10.3 Å². The van der Waals surface area contributed by atoms with Crippen molar-refractivity contribution in [3.63, 3.8) is 0 Å². The monoisotopic (exact) mass is 310 g/mol. The van der Waals surface area contributed by atoms with Crippen LogP contribution >= 0.6 is 0 Å². The van der Waals surface area contributed by atoms with E-state index in [1.165, 1.54) is 30.5 Å². The minimum Gasteiger partial charge on any atom is -0.504 e. The lowest BCUT2D eigenvalue weighted by molar-refractivity contribution is -0.383. The molecule has 114 valence electrons. The van der Waals surface area contributed by atoms with Crippen LogP contribution in [-0.4, -0.2) is 20.0 Å². The molecule has 0 saturated heterocycles.